The van der Waals surface area contributed by atoms with Crippen LogP contribution >= 0.6 is 0 Å². The van der Waals surface area contributed by atoms with Gasteiger partial charge in [0.1, 0.15) is 0 Å². The lowest BCUT2D eigenvalue weighted by Gasteiger charge is -2.29. The maximum Gasteiger partial charge on any atom is 0.0797 e. The van der Waals surface area contributed by atoms with Crippen molar-refractivity contribution in [1.82, 2.24) is 29.9 Å². The molecule has 140 valence electrons. The molecule has 0 saturated carbocycles. The standard InChI is InChI=1S/C20H25N7/c1-25(14-20-18-3-2-4-19(18)22-23-20)12-15-11-17-13-26(9-10-27(17)24-15)16-5-7-21-8-6-16/h5-8,11H,2-4,9-10,12-14H2,1H3,(H,22,23). The Morgan fingerprint density at radius 2 is 2.04 bits per heavy atom. The van der Waals surface area contributed by atoms with Gasteiger partial charge < -0.3 is 4.90 Å². The quantitative estimate of drug-likeness (QED) is 0.752. The zero-order chi connectivity index (χ0) is 18.2. The molecule has 7 nitrogen and oxygen atoms in total. The molecule has 1 aliphatic carbocycles. The number of anilines is 1. The number of hydrogen-bond acceptors (Lipinski definition) is 5. The molecule has 0 amide bonds. The predicted octanol–water partition coefficient (Wildman–Crippen LogP) is 2.14. The lowest BCUT2D eigenvalue weighted by molar-refractivity contribution is 0.308. The van der Waals surface area contributed by atoms with Gasteiger partial charge in [0.2, 0.25) is 0 Å². The number of nitrogens with zero attached hydrogens (tertiary/aromatic N) is 6. The molecular weight excluding hydrogens is 338 g/mol. The summed E-state index contributed by atoms with van der Waals surface area (Å²) in [6.45, 7) is 4.52. The molecule has 3 aromatic heterocycles. The fraction of sp³-hybridized carbons (Fsp3) is 0.450. The summed E-state index contributed by atoms with van der Waals surface area (Å²) in [7, 11) is 2.15. The van der Waals surface area contributed by atoms with Crippen LogP contribution in [0.4, 0.5) is 5.69 Å². The summed E-state index contributed by atoms with van der Waals surface area (Å²) in [5.74, 6) is 0. The summed E-state index contributed by atoms with van der Waals surface area (Å²) >= 11 is 0. The van der Waals surface area contributed by atoms with Gasteiger partial charge in [-0.15, -0.1) is 0 Å². The van der Waals surface area contributed by atoms with E-state index in [1.807, 2.05) is 12.4 Å². The highest BCUT2D eigenvalue weighted by atomic mass is 15.3. The van der Waals surface area contributed by atoms with Crippen molar-refractivity contribution in [2.45, 2.75) is 45.4 Å². The first-order valence-electron chi connectivity index (χ1n) is 9.70. The monoisotopic (exact) mass is 363 g/mol. The number of aromatic nitrogens is 5. The SMILES string of the molecule is CN(Cc1cc2n(n1)CCN(c1ccncc1)C2)Cc1n[nH]c2c1CCC2. The van der Waals surface area contributed by atoms with E-state index in [4.69, 9.17) is 5.10 Å². The first-order valence-corrected chi connectivity index (χ1v) is 9.70. The summed E-state index contributed by atoms with van der Waals surface area (Å²) in [5.41, 5.74) is 7.63. The highest BCUT2D eigenvalue weighted by Gasteiger charge is 2.21. The van der Waals surface area contributed by atoms with Crippen LogP contribution in [0.1, 0.15) is 34.8 Å². The number of nitrogens with one attached hydrogen (secondary N) is 1. The van der Waals surface area contributed by atoms with E-state index in [0.717, 1.165) is 44.8 Å². The molecule has 0 fully saturated rings. The molecular formula is C20H25N7. The number of fused-ring (bicyclic) bond motifs is 2. The van der Waals surface area contributed by atoms with E-state index in [-0.39, 0.29) is 0 Å². The molecule has 0 spiro atoms. The Balaban J connectivity index is 1.25. The average molecular weight is 363 g/mol. The van der Waals surface area contributed by atoms with E-state index in [2.05, 4.69) is 54.9 Å². The molecule has 1 N–H and O–H groups in total. The zero-order valence-corrected chi connectivity index (χ0v) is 15.7. The fourth-order valence-corrected chi connectivity index (χ4v) is 4.29. The van der Waals surface area contributed by atoms with Crippen molar-refractivity contribution in [2.24, 2.45) is 0 Å². The topological polar surface area (TPSA) is 65.9 Å². The van der Waals surface area contributed by atoms with Gasteiger partial charge in [0.05, 0.1) is 30.2 Å². The van der Waals surface area contributed by atoms with Crippen LogP contribution < -0.4 is 4.90 Å². The van der Waals surface area contributed by atoms with Gasteiger partial charge in [-0.2, -0.15) is 10.2 Å². The third-order valence-corrected chi connectivity index (χ3v) is 5.62. The van der Waals surface area contributed by atoms with E-state index in [0.29, 0.717) is 0 Å². The lowest BCUT2D eigenvalue weighted by atomic mass is 10.2. The van der Waals surface area contributed by atoms with Crippen LogP contribution in [0, 0.1) is 0 Å². The molecule has 5 rings (SSSR count). The number of H-pyrrole nitrogens is 1. The van der Waals surface area contributed by atoms with Crippen molar-refractivity contribution < 1.29 is 0 Å². The highest BCUT2D eigenvalue weighted by molar-refractivity contribution is 5.45. The van der Waals surface area contributed by atoms with Gasteiger partial charge in [-0.25, -0.2) is 0 Å². The van der Waals surface area contributed by atoms with Crippen LogP contribution in [0.15, 0.2) is 30.6 Å². The van der Waals surface area contributed by atoms with Crippen molar-refractivity contribution in [1.29, 1.82) is 0 Å². The summed E-state index contributed by atoms with van der Waals surface area (Å²) in [6.07, 6.45) is 7.27. The van der Waals surface area contributed by atoms with Crippen LogP contribution in [0.2, 0.25) is 0 Å². The second-order valence-corrected chi connectivity index (χ2v) is 7.63. The molecule has 1 aliphatic heterocycles. The fourth-order valence-electron chi connectivity index (χ4n) is 4.29. The van der Waals surface area contributed by atoms with Crippen LogP contribution in [-0.4, -0.2) is 43.5 Å². The van der Waals surface area contributed by atoms with Crippen LogP contribution in [0.5, 0.6) is 0 Å². The molecule has 7 heteroatoms. The molecule has 0 atom stereocenters. The van der Waals surface area contributed by atoms with Crippen molar-refractivity contribution in [3.63, 3.8) is 0 Å². The third-order valence-electron chi connectivity index (χ3n) is 5.62. The molecule has 27 heavy (non-hydrogen) atoms. The van der Waals surface area contributed by atoms with Gasteiger partial charge in [-0.05, 0) is 50.1 Å². The molecule has 2 aliphatic rings. The van der Waals surface area contributed by atoms with Gasteiger partial charge in [-0.1, -0.05) is 0 Å². The molecule has 4 heterocycles. The van der Waals surface area contributed by atoms with E-state index < -0.39 is 0 Å². The minimum atomic E-state index is 0.844. The molecule has 0 bridgehead atoms. The number of aryl methyl sites for hydroxylation is 1. The Bertz CT molecular complexity index is 927. The first kappa shape index (κ1) is 16.5. The van der Waals surface area contributed by atoms with Gasteiger partial charge >= 0.3 is 0 Å². The van der Waals surface area contributed by atoms with Crippen LogP contribution in [0.25, 0.3) is 0 Å². The van der Waals surface area contributed by atoms with Crippen LogP contribution in [0.3, 0.4) is 0 Å². The number of rotatable bonds is 5. The maximum absolute atomic E-state index is 4.83. The van der Waals surface area contributed by atoms with E-state index in [1.165, 1.54) is 41.2 Å². The maximum atomic E-state index is 4.83. The average Bonchev–Trinajstić information content (AvgIpc) is 3.38. The third kappa shape index (κ3) is 3.23. The zero-order valence-electron chi connectivity index (χ0n) is 15.7. The Kier molecular flexibility index (Phi) is 4.16. The van der Waals surface area contributed by atoms with Gasteiger partial charge in [0, 0.05) is 43.4 Å². The smallest absolute Gasteiger partial charge is 0.0797 e. The number of aromatic amines is 1. The number of hydrogen-bond donors (Lipinski definition) is 1. The minimum absolute atomic E-state index is 0.844. The minimum Gasteiger partial charge on any atom is -0.364 e. The Hall–Kier alpha value is -2.67. The van der Waals surface area contributed by atoms with Gasteiger partial charge in [0.25, 0.3) is 0 Å². The van der Waals surface area contributed by atoms with Gasteiger partial charge in [-0.3, -0.25) is 19.7 Å². The second-order valence-electron chi connectivity index (χ2n) is 7.63. The van der Waals surface area contributed by atoms with E-state index in [1.54, 1.807) is 0 Å². The molecule has 0 radical (unpaired) electrons. The van der Waals surface area contributed by atoms with Gasteiger partial charge in [0.15, 0.2) is 0 Å². The molecule has 0 unspecified atom stereocenters. The van der Waals surface area contributed by atoms with Crippen LogP contribution in [-0.2, 0) is 39.0 Å². The summed E-state index contributed by atoms with van der Waals surface area (Å²) in [4.78, 5) is 8.81. The predicted molar refractivity (Wildman–Crippen MR) is 103 cm³/mol. The van der Waals surface area contributed by atoms with Crippen molar-refractivity contribution in [3.05, 3.63) is 58.9 Å². The normalized spacial score (nSPS) is 16.0. The van der Waals surface area contributed by atoms with Crippen molar-refractivity contribution in [2.75, 3.05) is 18.5 Å². The first-order chi connectivity index (χ1) is 13.3. The number of pyridine rings is 1. The molecule has 0 saturated heterocycles. The Labute approximate surface area is 159 Å². The summed E-state index contributed by atoms with van der Waals surface area (Å²) in [6, 6.07) is 6.39. The lowest BCUT2D eigenvalue weighted by Crippen LogP contribution is -2.33. The summed E-state index contributed by atoms with van der Waals surface area (Å²) in [5, 5.41) is 12.6. The van der Waals surface area contributed by atoms with E-state index in [9.17, 15) is 0 Å². The second kappa shape index (κ2) is 6.81. The molecule has 0 aromatic carbocycles. The van der Waals surface area contributed by atoms with Crippen molar-refractivity contribution in [3.8, 4) is 0 Å². The largest absolute Gasteiger partial charge is 0.364 e. The Morgan fingerprint density at radius 1 is 1.15 bits per heavy atom. The van der Waals surface area contributed by atoms with Crippen molar-refractivity contribution >= 4 is 5.69 Å². The summed E-state index contributed by atoms with van der Waals surface area (Å²) < 4.78 is 2.16. The van der Waals surface area contributed by atoms with E-state index >= 15 is 0 Å². The molecule has 3 aromatic rings. The highest BCUT2D eigenvalue weighted by Crippen LogP contribution is 2.24. The Morgan fingerprint density at radius 3 is 2.93 bits per heavy atom.